The highest BCUT2D eigenvalue weighted by atomic mass is 16.6. The molecule has 0 spiro atoms. The Bertz CT molecular complexity index is 1600. The molecule has 0 heterocycles. The van der Waals surface area contributed by atoms with Gasteiger partial charge < -0.3 is 14.2 Å². The van der Waals surface area contributed by atoms with E-state index in [0.717, 1.165) is 128 Å². The van der Waals surface area contributed by atoms with Gasteiger partial charge in [0.25, 0.3) is 0 Å². The second-order valence-electron chi connectivity index (χ2n) is 20.9. The van der Waals surface area contributed by atoms with Crippen molar-refractivity contribution in [3.05, 3.63) is 122 Å². The summed E-state index contributed by atoms with van der Waals surface area (Å²) in [6, 6.07) is 0. The summed E-state index contributed by atoms with van der Waals surface area (Å²) in [6.45, 7) is 6.40. The van der Waals surface area contributed by atoms with Gasteiger partial charge in [0, 0.05) is 19.3 Å². The van der Waals surface area contributed by atoms with Crippen LogP contribution >= 0.6 is 0 Å². The number of ether oxygens (including phenoxy) is 3. The summed E-state index contributed by atoms with van der Waals surface area (Å²) in [5, 5.41) is 0. The lowest BCUT2D eigenvalue weighted by Crippen LogP contribution is -2.30. The molecule has 0 aromatic heterocycles. The van der Waals surface area contributed by atoms with Gasteiger partial charge in [-0.2, -0.15) is 0 Å². The first-order valence-electron chi connectivity index (χ1n) is 32.0. The van der Waals surface area contributed by atoms with Crippen LogP contribution in [0.4, 0.5) is 0 Å². The molecule has 438 valence electrons. The van der Waals surface area contributed by atoms with Gasteiger partial charge >= 0.3 is 17.9 Å². The van der Waals surface area contributed by atoms with Gasteiger partial charge in [-0.3, -0.25) is 14.4 Å². The molecule has 0 saturated heterocycles. The predicted octanol–water partition coefficient (Wildman–Crippen LogP) is 22.0. The van der Waals surface area contributed by atoms with Crippen LogP contribution in [0.2, 0.25) is 0 Å². The predicted molar refractivity (Wildman–Crippen MR) is 334 cm³/mol. The number of carbonyl (C=O) groups excluding carboxylic acids is 3. The molecule has 0 aromatic rings. The fraction of sp³-hybridized carbons (Fsp3) is 0.676. The standard InChI is InChI=1S/C71H118O6/c1-4-7-10-13-16-19-21-23-25-27-28-29-30-31-32-33-34-35-36-37-38-39-40-41-42-44-45-47-49-52-55-58-61-64-70(73)76-67-68(66-75-69(72)63-60-57-54-51-18-15-12-9-6-3)77-71(74)65-62-59-56-53-50-48-46-43-26-24-22-20-17-14-11-8-5-2/h7-8,10-11,16-17,19-20,23-26,28-29,31-32,34-35,37-38,68H,4-6,9,12-15,18,21-22,27,30,33,36,39-67H2,1-3H3/b10-7-,11-8-,19-16-,20-17-,25-23-,26-24-,29-28-,32-31-,35-34-,38-37-. The monoisotopic (exact) mass is 1070 g/mol. The van der Waals surface area contributed by atoms with Crippen molar-refractivity contribution in [2.24, 2.45) is 0 Å². The second kappa shape index (κ2) is 64.3. The molecule has 0 bridgehead atoms. The summed E-state index contributed by atoms with van der Waals surface area (Å²) in [6.07, 6.45) is 89.3. The third-order valence-corrected chi connectivity index (χ3v) is 13.5. The lowest BCUT2D eigenvalue weighted by atomic mass is 10.0. The molecule has 0 N–H and O–H groups in total. The van der Waals surface area contributed by atoms with E-state index in [9.17, 15) is 14.4 Å². The molecule has 0 rings (SSSR count). The Balaban J connectivity index is 4.17. The number of carbonyl (C=O) groups is 3. The highest BCUT2D eigenvalue weighted by Gasteiger charge is 2.19. The average molecular weight is 1070 g/mol. The first kappa shape index (κ1) is 72.8. The smallest absolute Gasteiger partial charge is 0.306 e. The van der Waals surface area contributed by atoms with Crippen LogP contribution in [-0.4, -0.2) is 37.2 Å². The van der Waals surface area contributed by atoms with Crippen molar-refractivity contribution >= 4 is 17.9 Å². The molecule has 0 aromatic carbocycles. The van der Waals surface area contributed by atoms with Crippen LogP contribution in [0.1, 0.15) is 290 Å². The SMILES string of the molecule is CC/C=C\C/C=C\C/C=C\C/C=C\C/C=C\C/C=C\C/C=C\CCCCCCCCCCCCCC(=O)OCC(COC(=O)CCCCCCCCCCC)OC(=O)CCCCCCCCC/C=C\C/C=C\C/C=C\CC. The molecule has 1 unspecified atom stereocenters. The average Bonchev–Trinajstić information content (AvgIpc) is 3.43. The zero-order valence-electron chi connectivity index (χ0n) is 50.2. The van der Waals surface area contributed by atoms with E-state index in [1.807, 2.05) is 0 Å². The number of allylic oxidation sites excluding steroid dienone is 20. The van der Waals surface area contributed by atoms with Crippen molar-refractivity contribution in [3.63, 3.8) is 0 Å². The highest BCUT2D eigenvalue weighted by Crippen LogP contribution is 2.16. The first-order valence-corrected chi connectivity index (χ1v) is 32.0. The molecule has 0 aliphatic heterocycles. The summed E-state index contributed by atoms with van der Waals surface area (Å²) >= 11 is 0. The molecule has 6 nitrogen and oxygen atoms in total. The summed E-state index contributed by atoms with van der Waals surface area (Å²) in [5.74, 6) is -0.893. The minimum Gasteiger partial charge on any atom is -0.462 e. The van der Waals surface area contributed by atoms with Crippen molar-refractivity contribution in [1.29, 1.82) is 0 Å². The highest BCUT2D eigenvalue weighted by molar-refractivity contribution is 5.71. The topological polar surface area (TPSA) is 78.9 Å². The van der Waals surface area contributed by atoms with Crippen LogP contribution in [0.25, 0.3) is 0 Å². The first-order chi connectivity index (χ1) is 38.0. The quantitative estimate of drug-likeness (QED) is 0.0261. The van der Waals surface area contributed by atoms with E-state index in [4.69, 9.17) is 14.2 Å². The molecule has 0 amide bonds. The minimum atomic E-state index is -0.784. The molecule has 1 atom stereocenters. The van der Waals surface area contributed by atoms with Gasteiger partial charge in [-0.1, -0.05) is 284 Å². The normalized spacial score (nSPS) is 12.9. The Hall–Kier alpha value is -4.19. The van der Waals surface area contributed by atoms with E-state index in [1.165, 1.54) is 122 Å². The molecule has 0 aliphatic rings. The van der Waals surface area contributed by atoms with Crippen LogP contribution < -0.4 is 0 Å². The van der Waals surface area contributed by atoms with E-state index >= 15 is 0 Å². The van der Waals surface area contributed by atoms with Crippen molar-refractivity contribution in [2.75, 3.05) is 13.2 Å². The third kappa shape index (κ3) is 62.5. The number of esters is 3. The molecule has 0 aliphatic carbocycles. The fourth-order valence-electron chi connectivity index (χ4n) is 8.73. The molecular formula is C71H118O6. The van der Waals surface area contributed by atoms with Gasteiger partial charge in [0.2, 0.25) is 0 Å². The number of unbranched alkanes of at least 4 members (excludes halogenated alkanes) is 26. The Morgan fingerprint density at radius 3 is 0.792 bits per heavy atom. The van der Waals surface area contributed by atoms with Gasteiger partial charge in [-0.15, -0.1) is 0 Å². The van der Waals surface area contributed by atoms with Gasteiger partial charge in [0.05, 0.1) is 0 Å². The van der Waals surface area contributed by atoms with E-state index in [2.05, 4.69) is 142 Å². The van der Waals surface area contributed by atoms with Crippen molar-refractivity contribution < 1.29 is 28.6 Å². The van der Waals surface area contributed by atoms with E-state index < -0.39 is 6.10 Å². The van der Waals surface area contributed by atoms with E-state index in [-0.39, 0.29) is 31.1 Å². The van der Waals surface area contributed by atoms with Gasteiger partial charge in [-0.05, 0) is 109 Å². The van der Waals surface area contributed by atoms with Crippen LogP contribution in [0.15, 0.2) is 122 Å². The fourth-order valence-corrected chi connectivity index (χ4v) is 8.73. The van der Waals surface area contributed by atoms with E-state index in [1.54, 1.807) is 0 Å². The van der Waals surface area contributed by atoms with Gasteiger partial charge in [-0.25, -0.2) is 0 Å². The number of hydrogen-bond donors (Lipinski definition) is 0. The van der Waals surface area contributed by atoms with E-state index in [0.29, 0.717) is 19.3 Å². The number of hydrogen-bond acceptors (Lipinski definition) is 6. The minimum absolute atomic E-state index is 0.0819. The Morgan fingerprint density at radius 2 is 0.506 bits per heavy atom. The Kier molecular flexibility index (Phi) is 60.8. The molecule has 6 heteroatoms. The maximum Gasteiger partial charge on any atom is 0.306 e. The van der Waals surface area contributed by atoms with Gasteiger partial charge in [0.1, 0.15) is 13.2 Å². The van der Waals surface area contributed by atoms with Crippen molar-refractivity contribution in [3.8, 4) is 0 Å². The largest absolute Gasteiger partial charge is 0.462 e. The Morgan fingerprint density at radius 1 is 0.273 bits per heavy atom. The van der Waals surface area contributed by atoms with Crippen LogP contribution in [-0.2, 0) is 28.6 Å². The summed E-state index contributed by atoms with van der Waals surface area (Å²) in [7, 11) is 0. The summed E-state index contributed by atoms with van der Waals surface area (Å²) < 4.78 is 16.9. The zero-order valence-corrected chi connectivity index (χ0v) is 50.2. The molecular weight excluding hydrogens is 949 g/mol. The molecule has 0 saturated carbocycles. The molecule has 77 heavy (non-hydrogen) atoms. The number of rotatable bonds is 57. The summed E-state index contributed by atoms with van der Waals surface area (Å²) in [4.78, 5) is 38.2. The van der Waals surface area contributed by atoms with Crippen LogP contribution in [0.3, 0.4) is 0 Å². The lowest BCUT2D eigenvalue weighted by Gasteiger charge is -2.18. The summed E-state index contributed by atoms with van der Waals surface area (Å²) in [5.41, 5.74) is 0. The second-order valence-corrected chi connectivity index (χ2v) is 20.9. The maximum absolute atomic E-state index is 12.9. The van der Waals surface area contributed by atoms with Gasteiger partial charge in [0.15, 0.2) is 6.10 Å². The van der Waals surface area contributed by atoms with Crippen molar-refractivity contribution in [1.82, 2.24) is 0 Å². The lowest BCUT2D eigenvalue weighted by molar-refractivity contribution is -0.167. The third-order valence-electron chi connectivity index (χ3n) is 13.5. The Labute approximate surface area is 475 Å². The van der Waals surface area contributed by atoms with Crippen LogP contribution in [0.5, 0.6) is 0 Å². The maximum atomic E-state index is 12.9. The molecule has 0 radical (unpaired) electrons. The molecule has 0 fully saturated rings. The zero-order chi connectivity index (χ0) is 55.7. The van der Waals surface area contributed by atoms with Crippen molar-refractivity contribution in [2.45, 2.75) is 297 Å². The van der Waals surface area contributed by atoms with Crippen LogP contribution in [0, 0.1) is 0 Å².